The van der Waals surface area contributed by atoms with Crippen LogP contribution < -0.4 is 9.47 Å². The number of carbonyl (C=O) groups is 2. The van der Waals surface area contributed by atoms with E-state index in [9.17, 15) is 18.0 Å². The zero-order valence-electron chi connectivity index (χ0n) is 19.0. The van der Waals surface area contributed by atoms with Crippen molar-refractivity contribution in [2.24, 2.45) is 9.39 Å². The number of carbonyl (C=O) groups excluding carboxylic acids is 2. The van der Waals surface area contributed by atoms with Crippen LogP contribution in [-0.4, -0.2) is 53.7 Å². The summed E-state index contributed by atoms with van der Waals surface area (Å²) < 4.78 is 39.8. The second-order valence-corrected chi connectivity index (χ2v) is 10.6. The van der Waals surface area contributed by atoms with Crippen molar-refractivity contribution >= 4 is 67.5 Å². The van der Waals surface area contributed by atoms with Crippen molar-refractivity contribution in [3.05, 3.63) is 64.2 Å². The molecule has 1 N–H and O–H groups in total. The predicted octanol–water partition coefficient (Wildman–Crippen LogP) is 3.97. The van der Waals surface area contributed by atoms with E-state index in [1.165, 1.54) is 31.2 Å². The van der Waals surface area contributed by atoms with Crippen LogP contribution in [0.15, 0.2) is 57.4 Å². The molecule has 2 aliphatic heterocycles. The molecule has 0 saturated heterocycles. The molecule has 2 heterocycles. The van der Waals surface area contributed by atoms with E-state index in [2.05, 4.69) is 9.39 Å². The minimum Gasteiger partial charge on any atom is -0.490 e. The molecule has 1 amide bonds. The molecule has 0 saturated carbocycles. The van der Waals surface area contributed by atoms with Gasteiger partial charge in [-0.15, -0.1) is 0 Å². The number of fused-ring (bicyclic) bond motifs is 1. The number of esters is 1. The van der Waals surface area contributed by atoms with Crippen molar-refractivity contribution in [1.82, 2.24) is 4.90 Å². The highest BCUT2D eigenvalue weighted by Gasteiger charge is 2.42. The number of aliphatic imine (C=N–C) groups is 1. The maximum atomic E-state index is 12.6. The molecule has 2 aromatic rings. The molecule has 10 nitrogen and oxygen atoms in total. The van der Waals surface area contributed by atoms with Gasteiger partial charge in [0.15, 0.2) is 11.5 Å². The number of hydrogen-bond acceptors (Lipinski definition) is 9. The molecule has 186 valence electrons. The quantitative estimate of drug-likeness (QED) is 0.248. The fourth-order valence-electron chi connectivity index (χ4n) is 3.24. The largest absolute Gasteiger partial charge is 0.490 e. The molecule has 0 atom stereocenters. The number of nitrogens with zero attached hydrogens (tertiary/aromatic N) is 3. The lowest BCUT2D eigenvalue weighted by molar-refractivity contribution is -0.114. The van der Waals surface area contributed by atoms with Crippen LogP contribution in [0, 0.1) is 5.41 Å². The Balaban J connectivity index is 1.66. The molecular weight excluding hydrogens is 528 g/mol. The van der Waals surface area contributed by atoms with Crippen molar-refractivity contribution in [1.29, 1.82) is 5.41 Å². The number of amides is 1. The number of amidine groups is 3. The van der Waals surface area contributed by atoms with Crippen molar-refractivity contribution in [3.63, 3.8) is 0 Å². The summed E-state index contributed by atoms with van der Waals surface area (Å²) in [5, 5.41) is 8.41. The summed E-state index contributed by atoms with van der Waals surface area (Å²) in [5.74, 6) is -1.61. The Labute approximate surface area is 216 Å². The van der Waals surface area contributed by atoms with Gasteiger partial charge in [0.05, 0.1) is 40.5 Å². The smallest absolute Gasteiger partial charge is 0.345 e. The maximum Gasteiger partial charge on any atom is 0.345 e. The lowest BCUT2D eigenvalue weighted by Crippen LogP contribution is -2.45. The fraction of sp³-hybridized carbons (Fsp3) is 0.174. The molecule has 36 heavy (non-hydrogen) atoms. The zero-order chi connectivity index (χ0) is 26.0. The Bertz CT molecular complexity index is 1480. The van der Waals surface area contributed by atoms with E-state index < -0.39 is 21.7 Å². The molecule has 2 aliphatic rings. The Hall–Kier alpha value is -3.48. The molecule has 0 fully saturated rings. The first-order valence-corrected chi connectivity index (χ1v) is 13.4. The van der Waals surface area contributed by atoms with Gasteiger partial charge in [-0.25, -0.2) is 18.1 Å². The van der Waals surface area contributed by atoms with Crippen LogP contribution in [0.25, 0.3) is 6.08 Å². The summed E-state index contributed by atoms with van der Waals surface area (Å²) in [6, 6.07) is 11.0. The Morgan fingerprint density at radius 3 is 2.64 bits per heavy atom. The van der Waals surface area contributed by atoms with Crippen LogP contribution >= 0.6 is 23.5 Å². The summed E-state index contributed by atoms with van der Waals surface area (Å²) in [6.45, 7) is 3.47. The number of benzene rings is 2. The van der Waals surface area contributed by atoms with Crippen LogP contribution in [0.3, 0.4) is 0 Å². The minimum absolute atomic E-state index is 0.00557. The monoisotopic (exact) mass is 546 g/mol. The second-order valence-electron chi connectivity index (χ2n) is 7.32. The number of halogens is 1. The van der Waals surface area contributed by atoms with Gasteiger partial charge in [0, 0.05) is 0 Å². The molecule has 0 unspecified atom stereocenters. The summed E-state index contributed by atoms with van der Waals surface area (Å²) in [6.07, 6.45) is 1.38. The zero-order valence-corrected chi connectivity index (χ0v) is 21.4. The van der Waals surface area contributed by atoms with Crippen molar-refractivity contribution < 1.29 is 27.5 Å². The first-order chi connectivity index (χ1) is 17.2. The first kappa shape index (κ1) is 25.6. The Kier molecular flexibility index (Phi) is 7.29. The molecule has 0 aromatic heterocycles. The van der Waals surface area contributed by atoms with E-state index >= 15 is 0 Å². The Morgan fingerprint density at radius 1 is 1.19 bits per heavy atom. The molecule has 4 rings (SSSR count). The summed E-state index contributed by atoms with van der Waals surface area (Å²) >= 11 is 6.81. The van der Waals surface area contributed by atoms with Crippen molar-refractivity contribution in [2.75, 3.05) is 12.4 Å². The highest BCUT2D eigenvalue weighted by molar-refractivity contribution is 8.16. The summed E-state index contributed by atoms with van der Waals surface area (Å²) in [7, 11) is -3.76. The van der Waals surface area contributed by atoms with Crippen molar-refractivity contribution in [2.45, 2.75) is 13.8 Å². The highest BCUT2D eigenvalue weighted by atomic mass is 35.5. The van der Waals surface area contributed by atoms with E-state index in [0.717, 1.165) is 16.8 Å². The lowest BCUT2D eigenvalue weighted by atomic mass is 10.1. The maximum absolute atomic E-state index is 12.6. The normalized spacial score (nSPS) is 16.5. The van der Waals surface area contributed by atoms with Gasteiger partial charge in [0.25, 0.3) is 5.91 Å². The third-order valence-electron chi connectivity index (χ3n) is 5.03. The van der Waals surface area contributed by atoms with Crippen LogP contribution in [0.4, 0.5) is 0 Å². The average molecular weight is 547 g/mol. The van der Waals surface area contributed by atoms with Crippen molar-refractivity contribution in [3.8, 4) is 11.5 Å². The topological polar surface area (TPSA) is 139 Å². The first-order valence-electron chi connectivity index (χ1n) is 10.6. The number of nitrogens with one attached hydrogen (secondary N) is 1. The molecular formula is C23H19ClN4O6S2. The van der Waals surface area contributed by atoms with E-state index in [1.54, 1.807) is 31.2 Å². The van der Waals surface area contributed by atoms with Gasteiger partial charge < -0.3 is 9.47 Å². The highest BCUT2D eigenvalue weighted by Crippen LogP contribution is 2.33. The predicted molar refractivity (Wildman–Crippen MR) is 138 cm³/mol. The van der Waals surface area contributed by atoms with Crippen LogP contribution in [0.1, 0.15) is 29.8 Å². The van der Waals surface area contributed by atoms with Gasteiger partial charge in [-0.2, -0.15) is 9.39 Å². The van der Waals surface area contributed by atoms with Gasteiger partial charge in [0.1, 0.15) is 5.84 Å². The SMILES string of the molecule is CCOc1cc(/C=C2/C(=N)N3C(=NC2=O)SN=C3S(=O)(=O)CC)ccc1OC(=O)c1ccccc1Cl. The third-order valence-corrected chi connectivity index (χ3v) is 7.76. The molecule has 0 spiro atoms. The number of rotatable bonds is 6. The molecule has 0 aliphatic carbocycles. The van der Waals surface area contributed by atoms with Gasteiger partial charge >= 0.3 is 5.97 Å². The third kappa shape index (κ3) is 4.92. The number of hydrogen-bond donors (Lipinski definition) is 1. The number of sulfone groups is 1. The van der Waals surface area contributed by atoms with Crippen LogP contribution in [0.5, 0.6) is 11.5 Å². The fourth-order valence-corrected chi connectivity index (χ4v) is 5.42. The van der Waals surface area contributed by atoms with Crippen LogP contribution in [0.2, 0.25) is 5.02 Å². The molecule has 2 aromatic carbocycles. The number of ether oxygens (including phenoxy) is 2. The standard InChI is InChI=1S/C23H19ClN4O6S2/c1-3-33-18-12-13(9-10-17(18)34-21(30)14-7-5-6-8-16(14)24)11-15-19(25)28-22(26-20(15)29)35-27-23(28)36(31,32)4-2/h5-12,25H,3-4H2,1-2H3/b15-11-,25-19?. The van der Waals surface area contributed by atoms with Gasteiger partial charge in [-0.1, -0.05) is 36.7 Å². The van der Waals surface area contributed by atoms with Gasteiger partial charge in [-0.3, -0.25) is 10.2 Å². The Morgan fingerprint density at radius 2 is 1.94 bits per heavy atom. The van der Waals surface area contributed by atoms with Gasteiger partial charge in [-0.05, 0) is 42.8 Å². The summed E-state index contributed by atoms with van der Waals surface area (Å²) in [5.41, 5.74) is 0.487. The van der Waals surface area contributed by atoms with E-state index in [-0.39, 0.29) is 56.2 Å². The van der Waals surface area contributed by atoms with Gasteiger partial charge in [0.2, 0.25) is 20.2 Å². The second kappa shape index (κ2) is 10.2. The molecule has 0 bridgehead atoms. The molecule has 13 heteroatoms. The van der Waals surface area contributed by atoms with E-state index in [4.69, 9.17) is 26.5 Å². The lowest BCUT2D eigenvalue weighted by Gasteiger charge is -2.24. The minimum atomic E-state index is -3.76. The molecule has 0 radical (unpaired) electrons. The average Bonchev–Trinajstić information content (AvgIpc) is 3.28. The van der Waals surface area contributed by atoms with E-state index in [1.807, 2.05) is 0 Å². The summed E-state index contributed by atoms with van der Waals surface area (Å²) in [4.78, 5) is 30.2. The van der Waals surface area contributed by atoms with E-state index in [0.29, 0.717) is 5.56 Å². The van der Waals surface area contributed by atoms with Crippen LogP contribution in [-0.2, 0) is 14.6 Å².